The molecule has 1 aliphatic heterocycles. The highest BCUT2D eigenvalue weighted by Gasteiger charge is 2.32. The van der Waals surface area contributed by atoms with Crippen LogP contribution in [0.1, 0.15) is 36.2 Å². The van der Waals surface area contributed by atoms with Gasteiger partial charge in [0.1, 0.15) is 11.5 Å². The van der Waals surface area contributed by atoms with E-state index >= 15 is 0 Å². The van der Waals surface area contributed by atoms with Crippen LogP contribution in [-0.4, -0.2) is 66.1 Å². The Morgan fingerprint density at radius 2 is 2.06 bits per heavy atom. The van der Waals surface area contributed by atoms with Gasteiger partial charge in [0.05, 0.1) is 18.7 Å². The molecule has 0 bridgehead atoms. The van der Waals surface area contributed by atoms with Gasteiger partial charge in [-0.2, -0.15) is 4.40 Å². The van der Waals surface area contributed by atoms with E-state index in [4.69, 9.17) is 9.47 Å². The Morgan fingerprint density at radius 1 is 1.27 bits per heavy atom. The highest BCUT2D eigenvalue weighted by Crippen LogP contribution is 2.34. The maximum Gasteiger partial charge on any atom is 0.344 e. The number of phenolic OH excluding ortho intramolecular Hbond substituents is 1. The van der Waals surface area contributed by atoms with E-state index in [1.165, 1.54) is 22.9 Å². The maximum atomic E-state index is 13.0. The minimum Gasteiger partial charge on any atom is -0.507 e. The number of benzene rings is 1. The highest BCUT2D eigenvalue weighted by molar-refractivity contribution is 7.97. The summed E-state index contributed by atoms with van der Waals surface area (Å²) in [4.78, 5) is 38.8. The molecule has 0 unspecified atom stereocenters. The van der Waals surface area contributed by atoms with Gasteiger partial charge in [-0.3, -0.25) is 9.59 Å². The van der Waals surface area contributed by atoms with E-state index in [1.807, 2.05) is 12.3 Å². The first-order chi connectivity index (χ1) is 15.9. The number of hydrogen-bond acceptors (Lipinski definition) is 8. The predicted octanol–water partition coefficient (Wildman–Crippen LogP) is 3.05. The molecule has 1 heterocycles. The van der Waals surface area contributed by atoms with Crippen molar-refractivity contribution in [3.8, 4) is 11.5 Å². The topological polar surface area (TPSA) is 106 Å². The monoisotopic (exact) mass is 470 g/mol. The fraction of sp³-hybridized carbons (Fsp3) is 0.375. The van der Waals surface area contributed by atoms with Gasteiger partial charge in [0.2, 0.25) is 0 Å². The van der Waals surface area contributed by atoms with E-state index in [0.29, 0.717) is 36.3 Å². The minimum absolute atomic E-state index is 0.108. The molecule has 1 N–H and O–H groups in total. The molecule has 0 radical (unpaired) electrons. The van der Waals surface area contributed by atoms with E-state index in [0.717, 1.165) is 11.1 Å². The molecule has 1 amide bonds. The normalized spacial score (nSPS) is 14.8. The zero-order chi connectivity index (χ0) is 24.0. The standard InChI is InChI=1S/C24H26N2O6S/c1-4-17-21(32-14-22(28)31-5-2)9-8-19(23(17)29)20(27)13-26-12-16-10-15(11-25-33-3)6-7-18(16)24(26)30/h6-9,29H,4-5,10,12-14H2,1-3H3. The van der Waals surface area contributed by atoms with Gasteiger partial charge in [-0.05, 0) is 61.0 Å². The molecule has 8 nitrogen and oxygen atoms in total. The summed E-state index contributed by atoms with van der Waals surface area (Å²) < 4.78 is 14.4. The van der Waals surface area contributed by atoms with Crippen molar-refractivity contribution in [1.82, 2.24) is 4.90 Å². The van der Waals surface area contributed by atoms with Crippen LogP contribution in [0.15, 0.2) is 45.4 Å². The number of amides is 1. The summed E-state index contributed by atoms with van der Waals surface area (Å²) in [7, 11) is 0. The van der Waals surface area contributed by atoms with Crippen molar-refractivity contribution < 1.29 is 29.0 Å². The first-order valence-electron chi connectivity index (χ1n) is 10.6. The number of nitrogens with zero attached hydrogens (tertiary/aromatic N) is 2. The van der Waals surface area contributed by atoms with Crippen molar-refractivity contribution in [3.05, 3.63) is 52.1 Å². The third kappa shape index (κ3) is 5.56. The van der Waals surface area contributed by atoms with Crippen LogP contribution in [0, 0.1) is 0 Å². The van der Waals surface area contributed by atoms with Crippen LogP contribution in [0.4, 0.5) is 0 Å². The summed E-state index contributed by atoms with van der Waals surface area (Å²) in [5.74, 6) is 1.95. The molecule has 9 heteroatoms. The van der Waals surface area contributed by atoms with Crippen LogP contribution in [0.2, 0.25) is 0 Å². The lowest BCUT2D eigenvalue weighted by Gasteiger charge is -2.18. The molecular formula is C24H26N2O6S. The van der Waals surface area contributed by atoms with Gasteiger partial charge in [-0.15, -0.1) is 0 Å². The number of carbonyl (C=O) groups is 3. The van der Waals surface area contributed by atoms with Crippen molar-refractivity contribution in [2.24, 2.45) is 4.40 Å². The number of allylic oxidation sites excluding steroid dienone is 2. The largest absolute Gasteiger partial charge is 0.507 e. The molecule has 0 saturated carbocycles. The van der Waals surface area contributed by atoms with E-state index < -0.39 is 5.97 Å². The SMILES string of the molecule is CCOC(=O)COc1ccc(C(=O)CN2CC3=C(C=CC(=C=NSC)C3)C2=O)c(O)c1CC. The lowest BCUT2D eigenvalue weighted by molar-refractivity contribution is -0.145. The molecule has 174 valence electrons. The van der Waals surface area contributed by atoms with Crippen molar-refractivity contribution in [3.63, 3.8) is 0 Å². The van der Waals surface area contributed by atoms with Crippen LogP contribution >= 0.6 is 11.9 Å². The van der Waals surface area contributed by atoms with Crippen LogP contribution < -0.4 is 4.74 Å². The van der Waals surface area contributed by atoms with E-state index in [-0.39, 0.29) is 42.8 Å². The Balaban J connectivity index is 1.71. The number of esters is 1. The van der Waals surface area contributed by atoms with Crippen molar-refractivity contribution in [2.45, 2.75) is 26.7 Å². The quantitative estimate of drug-likeness (QED) is 0.256. The summed E-state index contributed by atoms with van der Waals surface area (Å²) in [6, 6.07) is 3.00. The fourth-order valence-corrected chi connectivity index (χ4v) is 3.96. The van der Waals surface area contributed by atoms with Gasteiger partial charge in [0, 0.05) is 35.9 Å². The van der Waals surface area contributed by atoms with Crippen LogP contribution in [-0.2, 0) is 20.7 Å². The Kier molecular flexibility index (Phi) is 8.14. The van der Waals surface area contributed by atoms with Gasteiger partial charge in [-0.25, -0.2) is 4.79 Å². The smallest absolute Gasteiger partial charge is 0.344 e. The Labute approximate surface area is 196 Å². The number of hydrogen-bond donors (Lipinski definition) is 1. The predicted molar refractivity (Wildman–Crippen MR) is 126 cm³/mol. The Bertz CT molecular complexity index is 1100. The molecule has 0 aromatic heterocycles. The van der Waals surface area contributed by atoms with E-state index in [1.54, 1.807) is 26.0 Å². The molecule has 33 heavy (non-hydrogen) atoms. The molecule has 0 fully saturated rings. The van der Waals surface area contributed by atoms with Crippen LogP contribution in [0.3, 0.4) is 0 Å². The summed E-state index contributed by atoms with van der Waals surface area (Å²) >= 11 is 1.30. The number of carbonyl (C=O) groups excluding carboxylic acids is 3. The second-order valence-electron chi connectivity index (χ2n) is 7.41. The van der Waals surface area contributed by atoms with E-state index in [9.17, 15) is 19.5 Å². The molecule has 0 atom stereocenters. The molecule has 0 spiro atoms. The number of phenols is 1. The zero-order valence-electron chi connectivity index (χ0n) is 18.8. The van der Waals surface area contributed by atoms with Crippen molar-refractivity contribution in [1.29, 1.82) is 0 Å². The second kappa shape index (κ2) is 11.0. The average molecular weight is 471 g/mol. The molecule has 2 aliphatic rings. The maximum absolute atomic E-state index is 13.0. The molecule has 0 saturated heterocycles. The molecule has 1 aromatic carbocycles. The summed E-state index contributed by atoms with van der Waals surface area (Å²) in [5.41, 5.74) is 2.93. The molecular weight excluding hydrogens is 444 g/mol. The molecule has 3 rings (SSSR count). The number of Topliss-reactive ketones (excluding diaryl/α,β-unsaturated/α-hetero) is 1. The third-order valence-electron chi connectivity index (χ3n) is 5.29. The minimum atomic E-state index is -0.519. The van der Waals surface area contributed by atoms with Gasteiger partial charge < -0.3 is 19.5 Å². The molecule has 1 aliphatic carbocycles. The highest BCUT2D eigenvalue weighted by atomic mass is 32.2. The van der Waals surface area contributed by atoms with Crippen LogP contribution in [0.25, 0.3) is 0 Å². The fourth-order valence-electron chi connectivity index (χ4n) is 3.75. The van der Waals surface area contributed by atoms with Gasteiger partial charge in [0.25, 0.3) is 5.91 Å². The third-order valence-corrected chi connectivity index (χ3v) is 5.57. The second-order valence-corrected chi connectivity index (χ2v) is 7.96. The van der Waals surface area contributed by atoms with Crippen molar-refractivity contribution >= 4 is 35.5 Å². The van der Waals surface area contributed by atoms with E-state index in [2.05, 4.69) is 10.3 Å². The Hall–Kier alpha value is -3.29. The number of aromatic hydroxyl groups is 1. The zero-order valence-corrected chi connectivity index (χ0v) is 19.7. The summed E-state index contributed by atoms with van der Waals surface area (Å²) in [6.07, 6.45) is 6.35. The summed E-state index contributed by atoms with van der Waals surface area (Å²) in [6.45, 7) is 3.64. The first kappa shape index (κ1) is 24.4. The lowest BCUT2D eigenvalue weighted by Crippen LogP contribution is -2.32. The number of ether oxygens (including phenoxy) is 2. The molecule has 1 aromatic rings. The Morgan fingerprint density at radius 3 is 2.76 bits per heavy atom. The van der Waals surface area contributed by atoms with Gasteiger partial charge >= 0.3 is 5.97 Å². The number of rotatable bonds is 9. The van der Waals surface area contributed by atoms with Gasteiger partial charge in [-0.1, -0.05) is 6.92 Å². The van der Waals surface area contributed by atoms with Crippen LogP contribution in [0.5, 0.6) is 11.5 Å². The summed E-state index contributed by atoms with van der Waals surface area (Å²) in [5, 5.41) is 10.7. The lowest BCUT2D eigenvalue weighted by atomic mass is 9.97. The van der Waals surface area contributed by atoms with Gasteiger partial charge in [0.15, 0.2) is 12.4 Å². The number of ketones is 1. The average Bonchev–Trinajstić information content (AvgIpc) is 3.10. The van der Waals surface area contributed by atoms with Crippen molar-refractivity contribution in [2.75, 3.05) is 32.6 Å². The first-order valence-corrected chi connectivity index (χ1v) is 11.8.